The number of rotatable bonds is 6. The molecule has 1 amide bonds. The molecule has 1 aromatic rings. The van der Waals surface area contributed by atoms with Crippen LogP contribution in [-0.4, -0.2) is 55.9 Å². The van der Waals surface area contributed by atoms with Crippen molar-refractivity contribution in [1.82, 2.24) is 9.88 Å². The molecule has 162 valence electrons. The summed E-state index contributed by atoms with van der Waals surface area (Å²) in [6, 6.07) is 3.13. The van der Waals surface area contributed by atoms with Crippen LogP contribution in [0.4, 0.5) is 4.79 Å². The molecule has 1 aromatic heterocycles. The fourth-order valence-electron chi connectivity index (χ4n) is 4.00. The van der Waals surface area contributed by atoms with Crippen LogP contribution < -0.4 is 4.74 Å². The van der Waals surface area contributed by atoms with Crippen LogP contribution in [0.25, 0.3) is 0 Å². The molecule has 29 heavy (non-hydrogen) atoms. The lowest BCUT2D eigenvalue weighted by molar-refractivity contribution is 0.0174. The first-order chi connectivity index (χ1) is 13.5. The smallest absolute Gasteiger partial charge is 0.410 e. The van der Waals surface area contributed by atoms with Crippen LogP contribution in [0.15, 0.2) is 23.2 Å². The maximum atomic E-state index is 12.2. The fraction of sp³-hybridized carbons (Fsp3) is 0.714. The number of hydrogen-bond donors (Lipinski definition) is 0. The second-order valence-electron chi connectivity index (χ2n) is 9.21. The lowest BCUT2D eigenvalue weighted by Crippen LogP contribution is -2.42. The Bertz CT molecular complexity index is 808. The van der Waals surface area contributed by atoms with Gasteiger partial charge in [-0.2, -0.15) is 0 Å². The highest BCUT2D eigenvalue weighted by Crippen LogP contribution is 2.49. The van der Waals surface area contributed by atoms with Gasteiger partial charge in [0.2, 0.25) is 5.88 Å². The summed E-state index contributed by atoms with van der Waals surface area (Å²) in [6.45, 7) is 7.81. The lowest BCUT2D eigenvalue weighted by Gasteiger charge is -2.33. The minimum Gasteiger partial charge on any atom is -0.478 e. The van der Waals surface area contributed by atoms with Gasteiger partial charge >= 0.3 is 6.09 Å². The number of nitrogens with zero attached hydrogens (tertiary/aromatic N) is 2. The van der Waals surface area contributed by atoms with Crippen molar-refractivity contribution >= 4 is 15.9 Å². The summed E-state index contributed by atoms with van der Waals surface area (Å²) >= 11 is 0. The second kappa shape index (κ2) is 8.50. The Balaban J connectivity index is 1.35. The molecule has 0 aromatic carbocycles. The summed E-state index contributed by atoms with van der Waals surface area (Å²) in [7, 11) is -3.23. The maximum Gasteiger partial charge on any atom is 0.410 e. The molecule has 0 spiro atoms. The largest absolute Gasteiger partial charge is 0.478 e. The van der Waals surface area contributed by atoms with Gasteiger partial charge in [0, 0.05) is 31.6 Å². The van der Waals surface area contributed by atoms with E-state index in [-0.39, 0.29) is 11.0 Å². The fourth-order valence-corrected chi connectivity index (χ4v) is 4.56. The van der Waals surface area contributed by atoms with Crippen LogP contribution in [0, 0.1) is 17.8 Å². The summed E-state index contributed by atoms with van der Waals surface area (Å²) in [4.78, 5) is 18.3. The SMILES string of the molecule is CC(C)(C)OC(=O)N1CCC([C@H]2C[C@H]2CCOc2ccc(S(C)(=O)=O)cn2)CC1. The molecule has 2 heterocycles. The van der Waals surface area contributed by atoms with Gasteiger partial charge in [-0.05, 0) is 70.3 Å². The van der Waals surface area contributed by atoms with E-state index in [1.165, 1.54) is 18.7 Å². The number of amides is 1. The van der Waals surface area contributed by atoms with E-state index < -0.39 is 15.4 Å². The zero-order valence-corrected chi connectivity index (χ0v) is 18.6. The topological polar surface area (TPSA) is 85.8 Å². The van der Waals surface area contributed by atoms with E-state index in [4.69, 9.17) is 9.47 Å². The van der Waals surface area contributed by atoms with Gasteiger partial charge in [-0.3, -0.25) is 0 Å². The lowest BCUT2D eigenvalue weighted by atomic mass is 9.90. The quantitative estimate of drug-likeness (QED) is 0.694. The summed E-state index contributed by atoms with van der Waals surface area (Å²) < 4.78 is 34.0. The van der Waals surface area contributed by atoms with Crippen molar-refractivity contribution in [2.75, 3.05) is 26.0 Å². The highest BCUT2D eigenvalue weighted by molar-refractivity contribution is 7.90. The van der Waals surface area contributed by atoms with E-state index in [0.29, 0.717) is 24.3 Å². The standard InChI is InChI=1S/C21H32N2O5S/c1-21(2,3)28-20(24)23-10-7-15(8-11-23)18-13-16(18)9-12-27-19-6-5-17(14-22-19)29(4,25)26/h5-6,14-16,18H,7-13H2,1-4H3/t16-,18-/m1/s1. The molecule has 1 aliphatic heterocycles. The molecule has 0 bridgehead atoms. The Hall–Kier alpha value is -1.83. The monoisotopic (exact) mass is 424 g/mol. The average molecular weight is 425 g/mol. The molecule has 8 heteroatoms. The van der Waals surface area contributed by atoms with Gasteiger partial charge in [-0.1, -0.05) is 0 Å². The molecular weight excluding hydrogens is 392 g/mol. The first kappa shape index (κ1) is 21.9. The van der Waals surface area contributed by atoms with Gasteiger partial charge in [0.05, 0.1) is 11.5 Å². The third-order valence-electron chi connectivity index (χ3n) is 5.65. The molecule has 1 aliphatic carbocycles. The Morgan fingerprint density at radius 3 is 2.48 bits per heavy atom. The first-order valence-electron chi connectivity index (χ1n) is 10.3. The number of hydrogen-bond acceptors (Lipinski definition) is 6. The van der Waals surface area contributed by atoms with Crippen LogP contribution in [0.5, 0.6) is 5.88 Å². The van der Waals surface area contributed by atoms with Crippen LogP contribution in [0.3, 0.4) is 0 Å². The number of aromatic nitrogens is 1. The zero-order valence-electron chi connectivity index (χ0n) is 17.8. The van der Waals surface area contributed by atoms with Crippen LogP contribution in [-0.2, 0) is 14.6 Å². The van der Waals surface area contributed by atoms with Crippen molar-refractivity contribution in [2.24, 2.45) is 17.8 Å². The summed E-state index contributed by atoms with van der Waals surface area (Å²) in [6.07, 6.45) is 6.57. The Labute approximate surface area is 173 Å². The Morgan fingerprint density at radius 2 is 1.93 bits per heavy atom. The van der Waals surface area contributed by atoms with E-state index in [0.717, 1.165) is 44.5 Å². The molecular formula is C21H32N2O5S. The number of carbonyl (C=O) groups excluding carboxylic acids is 1. The predicted octanol–water partition coefficient (Wildman–Crippen LogP) is 3.54. The third-order valence-corrected chi connectivity index (χ3v) is 6.75. The van der Waals surface area contributed by atoms with E-state index in [9.17, 15) is 13.2 Å². The van der Waals surface area contributed by atoms with Crippen LogP contribution >= 0.6 is 0 Å². The maximum absolute atomic E-state index is 12.2. The van der Waals surface area contributed by atoms with Crippen molar-refractivity contribution in [1.29, 1.82) is 0 Å². The van der Waals surface area contributed by atoms with Gasteiger partial charge in [0.15, 0.2) is 9.84 Å². The normalized spacial score (nSPS) is 23.0. The molecule has 1 saturated carbocycles. The van der Waals surface area contributed by atoms with E-state index in [2.05, 4.69) is 4.98 Å². The van der Waals surface area contributed by atoms with E-state index in [1.54, 1.807) is 6.07 Å². The summed E-state index contributed by atoms with van der Waals surface area (Å²) in [5.41, 5.74) is -0.449. The number of ether oxygens (including phenoxy) is 2. The molecule has 0 N–H and O–H groups in total. The van der Waals surface area contributed by atoms with Crippen molar-refractivity contribution in [2.45, 2.75) is 57.0 Å². The molecule has 7 nitrogen and oxygen atoms in total. The first-order valence-corrected chi connectivity index (χ1v) is 12.2. The number of sulfone groups is 1. The molecule has 1 saturated heterocycles. The minimum absolute atomic E-state index is 0.199. The zero-order chi connectivity index (χ0) is 21.2. The average Bonchev–Trinajstić information content (AvgIpc) is 3.40. The molecule has 0 unspecified atom stereocenters. The van der Waals surface area contributed by atoms with Gasteiger partial charge in [0.25, 0.3) is 0 Å². The highest BCUT2D eigenvalue weighted by atomic mass is 32.2. The number of carbonyl (C=O) groups is 1. The highest BCUT2D eigenvalue weighted by Gasteiger charge is 2.43. The van der Waals surface area contributed by atoms with E-state index >= 15 is 0 Å². The van der Waals surface area contributed by atoms with Gasteiger partial charge in [-0.25, -0.2) is 18.2 Å². The van der Waals surface area contributed by atoms with Gasteiger partial charge in [0.1, 0.15) is 5.60 Å². The van der Waals surface area contributed by atoms with Gasteiger partial charge < -0.3 is 14.4 Å². The van der Waals surface area contributed by atoms with Crippen molar-refractivity contribution in [3.8, 4) is 5.88 Å². The molecule has 0 radical (unpaired) electrons. The summed E-state index contributed by atoms with van der Waals surface area (Å²) in [5.74, 6) is 2.52. The Kier molecular flexibility index (Phi) is 6.41. The molecule has 2 atom stereocenters. The van der Waals surface area contributed by atoms with Crippen LogP contribution in [0.2, 0.25) is 0 Å². The number of pyridine rings is 1. The second-order valence-corrected chi connectivity index (χ2v) is 11.2. The van der Waals surface area contributed by atoms with Crippen LogP contribution in [0.1, 0.15) is 46.5 Å². The summed E-state index contributed by atoms with van der Waals surface area (Å²) in [5, 5.41) is 0. The van der Waals surface area contributed by atoms with Gasteiger partial charge in [-0.15, -0.1) is 0 Å². The number of likely N-dealkylation sites (tertiary alicyclic amines) is 1. The van der Waals surface area contributed by atoms with Crippen molar-refractivity contribution < 1.29 is 22.7 Å². The van der Waals surface area contributed by atoms with Crippen molar-refractivity contribution in [3.63, 3.8) is 0 Å². The predicted molar refractivity (Wildman–Crippen MR) is 110 cm³/mol. The number of piperidine rings is 1. The molecule has 2 fully saturated rings. The molecule has 3 rings (SSSR count). The van der Waals surface area contributed by atoms with E-state index in [1.807, 2.05) is 25.7 Å². The third kappa shape index (κ3) is 6.32. The minimum atomic E-state index is -3.23. The van der Waals surface area contributed by atoms with Crippen molar-refractivity contribution in [3.05, 3.63) is 18.3 Å². The Morgan fingerprint density at radius 1 is 1.24 bits per heavy atom. The molecule has 2 aliphatic rings.